The molecule has 1 fully saturated rings. The largest absolute Gasteiger partial charge is 0.391 e. The summed E-state index contributed by atoms with van der Waals surface area (Å²) >= 11 is 18.5. The summed E-state index contributed by atoms with van der Waals surface area (Å²) in [5.74, 6) is -0.257. The van der Waals surface area contributed by atoms with Gasteiger partial charge in [0.25, 0.3) is 5.91 Å². The summed E-state index contributed by atoms with van der Waals surface area (Å²) in [4.78, 5) is 13.0. The van der Waals surface area contributed by atoms with Crippen molar-refractivity contribution in [3.05, 3.63) is 63.1 Å². The molecule has 30 heavy (non-hydrogen) atoms. The quantitative estimate of drug-likeness (QED) is 0.636. The Hall–Kier alpha value is -1.79. The van der Waals surface area contributed by atoms with Crippen LogP contribution in [0.1, 0.15) is 43.7 Å². The van der Waals surface area contributed by atoms with Crippen LogP contribution in [0.5, 0.6) is 0 Å². The molecule has 0 spiro atoms. The molecule has 0 bridgehead atoms. The molecule has 2 unspecified atom stereocenters. The molecule has 1 aliphatic carbocycles. The van der Waals surface area contributed by atoms with Crippen molar-refractivity contribution >= 4 is 52.1 Å². The number of rotatable bonds is 4. The van der Waals surface area contributed by atoms with Crippen LogP contribution in [0.15, 0.2) is 47.6 Å². The molecule has 5 nitrogen and oxygen atoms in total. The van der Waals surface area contributed by atoms with E-state index in [0.29, 0.717) is 39.3 Å². The third-order valence-electron chi connectivity index (χ3n) is 5.63. The number of nitrogens with one attached hydrogen (secondary N) is 1. The highest BCUT2D eigenvalue weighted by Gasteiger charge is 2.35. The number of nitrogens with zero attached hydrogens (tertiary/aromatic N) is 2. The van der Waals surface area contributed by atoms with E-state index in [2.05, 4.69) is 10.4 Å². The molecular formula is C22H22Cl3N3O2. The van der Waals surface area contributed by atoms with E-state index < -0.39 is 6.10 Å². The van der Waals surface area contributed by atoms with Gasteiger partial charge < -0.3 is 10.4 Å². The lowest BCUT2D eigenvalue weighted by molar-refractivity contribution is -0.116. The highest BCUT2D eigenvalue weighted by atomic mass is 35.5. The first-order valence-electron chi connectivity index (χ1n) is 9.98. The van der Waals surface area contributed by atoms with E-state index in [1.807, 2.05) is 24.3 Å². The van der Waals surface area contributed by atoms with E-state index >= 15 is 0 Å². The van der Waals surface area contributed by atoms with Gasteiger partial charge in [0, 0.05) is 16.5 Å². The molecule has 2 aliphatic rings. The first-order chi connectivity index (χ1) is 14.4. The van der Waals surface area contributed by atoms with E-state index in [1.165, 1.54) is 0 Å². The van der Waals surface area contributed by atoms with Crippen LogP contribution in [0.25, 0.3) is 0 Å². The number of carbonyl (C=O) groups excluding carboxylic acids is 1. The van der Waals surface area contributed by atoms with Crippen LogP contribution in [0.3, 0.4) is 0 Å². The number of amides is 1. The number of hydrazone groups is 1. The van der Waals surface area contributed by atoms with Crippen molar-refractivity contribution in [3.8, 4) is 0 Å². The Morgan fingerprint density at radius 2 is 1.73 bits per heavy atom. The van der Waals surface area contributed by atoms with Crippen molar-refractivity contribution in [2.24, 2.45) is 5.10 Å². The second-order valence-corrected chi connectivity index (χ2v) is 8.97. The molecule has 1 saturated carbocycles. The summed E-state index contributed by atoms with van der Waals surface area (Å²) in [5, 5.41) is 21.2. The van der Waals surface area contributed by atoms with Crippen molar-refractivity contribution in [2.75, 3.05) is 5.01 Å². The average Bonchev–Trinajstić information content (AvgIpc) is 3.15. The predicted octanol–water partition coefficient (Wildman–Crippen LogP) is 5.37. The monoisotopic (exact) mass is 465 g/mol. The number of aliphatic hydroxyl groups excluding tert-OH is 1. The van der Waals surface area contributed by atoms with Gasteiger partial charge in [-0.3, -0.25) is 9.80 Å². The van der Waals surface area contributed by atoms with Crippen LogP contribution in [-0.4, -0.2) is 28.9 Å². The number of halogens is 3. The first-order valence-corrected chi connectivity index (χ1v) is 11.1. The molecule has 1 heterocycles. The lowest BCUT2D eigenvalue weighted by Gasteiger charge is -2.28. The summed E-state index contributed by atoms with van der Waals surface area (Å²) in [6, 6.07) is 12.2. The summed E-state index contributed by atoms with van der Waals surface area (Å²) < 4.78 is 0. The van der Waals surface area contributed by atoms with Crippen LogP contribution >= 0.6 is 34.8 Å². The maximum absolute atomic E-state index is 13.0. The van der Waals surface area contributed by atoms with Gasteiger partial charge >= 0.3 is 0 Å². The summed E-state index contributed by atoms with van der Waals surface area (Å²) in [6.07, 6.45) is 3.35. The number of hydrogen-bond acceptors (Lipinski definition) is 4. The minimum Gasteiger partial charge on any atom is -0.391 e. The van der Waals surface area contributed by atoms with Gasteiger partial charge in [0.2, 0.25) is 0 Å². The molecule has 0 radical (unpaired) electrons. The Bertz CT molecular complexity index is 965. The van der Waals surface area contributed by atoms with Crippen molar-refractivity contribution in [2.45, 2.75) is 50.3 Å². The second kappa shape index (κ2) is 9.15. The maximum Gasteiger partial charge on any atom is 0.267 e. The Balaban J connectivity index is 1.63. The smallest absolute Gasteiger partial charge is 0.267 e. The molecular weight excluding hydrogens is 445 g/mol. The maximum atomic E-state index is 13.0. The highest BCUT2D eigenvalue weighted by molar-refractivity contribution is 6.40. The summed E-state index contributed by atoms with van der Waals surface area (Å²) in [5.41, 5.74) is 2.04. The van der Waals surface area contributed by atoms with Gasteiger partial charge in [-0.15, -0.1) is 0 Å². The minimum atomic E-state index is -0.515. The van der Waals surface area contributed by atoms with Crippen LogP contribution < -0.4 is 10.3 Å². The SMILES string of the molecule is O=C(NC1CCCC[C@@H]1O)C1=NN(c2ccc(Cl)cc2Cl)C(c2ccc(Cl)cc2)C1. The third kappa shape index (κ3) is 4.59. The molecule has 1 amide bonds. The summed E-state index contributed by atoms with van der Waals surface area (Å²) in [6.45, 7) is 0. The first kappa shape index (κ1) is 21.4. The Morgan fingerprint density at radius 3 is 2.43 bits per heavy atom. The van der Waals surface area contributed by atoms with Gasteiger partial charge in [-0.05, 0) is 48.7 Å². The fourth-order valence-corrected chi connectivity index (χ4v) is 4.63. The van der Waals surface area contributed by atoms with E-state index in [9.17, 15) is 9.90 Å². The normalized spacial score (nSPS) is 23.9. The van der Waals surface area contributed by atoms with Gasteiger partial charge in [-0.1, -0.05) is 59.8 Å². The fraction of sp³-hybridized carbons (Fsp3) is 0.364. The van der Waals surface area contributed by atoms with Gasteiger partial charge in [-0.25, -0.2) is 0 Å². The molecule has 1 aliphatic heterocycles. The van der Waals surface area contributed by atoms with Crippen molar-refractivity contribution in [3.63, 3.8) is 0 Å². The molecule has 4 rings (SSSR count). The number of anilines is 1. The van der Waals surface area contributed by atoms with Gasteiger partial charge in [0.15, 0.2) is 0 Å². The minimum absolute atomic E-state index is 0.210. The molecule has 2 aromatic carbocycles. The van der Waals surface area contributed by atoms with Gasteiger partial charge in [0.05, 0.1) is 28.9 Å². The zero-order valence-electron chi connectivity index (χ0n) is 16.2. The van der Waals surface area contributed by atoms with E-state index in [0.717, 1.165) is 24.8 Å². The van der Waals surface area contributed by atoms with Gasteiger partial charge in [-0.2, -0.15) is 5.10 Å². The molecule has 3 atom stereocenters. The Labute approximate surface area is 190 Å². The lowest BCUT2D eigenvalue weighted by Crippen LogP contribution is -2.47. The Morgan fingerprint density at radius 1 is 1.03 bits per heavy atom. The fourth-order valence-electron chi connectivity index (χ4n) is 4.01. The van der Waals surface area contributed by atoms with Crippen molar-refractivity contribution in [1.29, 1.82) is 0 Å². The number of aliphatic hydroxyl groups is 1. The molecule has 2 aromatic rings. The van der Waals surface area contributed by atoms with Crippen molar-refractivity contribution < 1.29 is 9.90 Å². The predicted molar refractivity (Wildman–Crippen MR) is 122 cm³/mol. The number of hydrogen-bond donors (Lipinski definition) is 2. The lowest BCUT2D eigenvalue weighted by atomic mass is 9.92. The van der Waals surface area contributed by atoms with Crippen LogP contribution in [0.4, 0.5) is 5.69 Å². The average molecular weight is 467 g/mol. The van der Waals surface area contributed by atoms with Crippen LogP contribution in [0, 0.1) is 0 Å². The van der Waals surface area contributed by atoms with E-state index in [-0.39, 0.29) is 18.0 Å². The van der Waals surface area contributed by atoms with E-state index in [1.54, 1.807) is 23.2 Å². The van der Waals surface area contributed by atoms with Crippen LogP contribution in [-0.2, 0) is 4.79 Å². The van der Waals surface area contributed by atoms with Crippen molar-refractivity contribution in [1.82, 2.24) is 5.32 Å². The number of benzene rings is 2. The third-order valence-corrected chi connectivity index (χ3v) is 6.42. The molecule has 8 heteroatoms. The Kier molecular flexibility index (Phi) is 6.54. The van der Waals surface area contributed by atoms with E-state index in [4.69, 9.17) is 34.8 Å². The molecule has 158 valence electrons. The van der Waals surface area contributed by atoms with Gasteiger partial charge in [0.1, 0.15) is 5.71 Å². The topological polar surface area (TPSA) is 64.9 Å². The zero-order valence-corrected chi connectivity index (χ0v) is 18.5. The zero-order chi connectivity index (χ0) is 21.3. The molecule has 0 aromatic heterocycles. The standard InChI is InChI=1S/C22H22Cl3N3O2/c23-14-7-5-13(6-8-14)20-12-18(22(30)26-17-3-1-2-4-21(17)29)27-28(20)19-10-9-15(24)11-16(19)25/h5-11,17,20-21,29H,1-4,12H2,(H,26,30)/t17?,20?,21-/m0/s1. The molecule has 0 saturated heterocycles. The molecule has 2 N–H and O–H groups in total. The number of carbonyl (C=O) groups is 1. The summed E-state index contributed by atoms with van der Waals surface area (Å²) in [7, 11) is 0. The highest BCUT2D eigenvalue weighted by Crippen LogP contribution is 2.40. The van der Waals surface area contributed by atoms with Crippen LogP contribution in [0.2, 0.25) is 15.1 Å². The second-order valence-electron chi connectivity index (χ2n) is 7.69.